The molecule has 0 fully saturated rings. The lowest BCUT2D eigenvalue weighted by atomic mass is 10.2. The summed E-state index contributed by atoms with van der Waals surface area (Å²) in [6, 6.07) is 13.3. The smallest absolute Gasteiger partial charge is 0.270 e. The molecule has 28 heavy (non-hydrogen) atoms. The molecule has 0 saturated carbocycles. The topological polar surface area (TPSA) is 65.4 Å². The molecule has 3 aromatic rings. The highest BCUT2D eigenvalue weighted by Crippen LogP contribution is 2.37. The van der Waals surface area contributed by atoms with Gasteiger partial charge in [-0.2, -0.15) is 16.9 Å². The molecule has 1 aromatic heterocycles. The Morgan fingerprint density at radius 2 is 1.93 bits per heavy atom. The van der Waals surface area contributed by atoms with E-state index in [-0.39, 0.29) is 18.3 Å². The van der Waals surface area contributed by atoms with Gasteiger partial charge in [-0.05, 0) is 36.4 Å². The molecule has 2 aliphatic rings. The number of anilines is 1. The van der Waals surface area contributed by atoms with E-state index in [2.05, 4.69) is 10.4 Å². The Kier molecular flexibility index (Phi) is 4.20. The minimum atomic E-state index is -0.767. The van der Waals surface area contributed by atoms with Crippen molar-refractivity contribution in [1.82, 2.24) is 9.78 Å². The molecule has 0 spiro atoms. The average Bonchev–Trinajstić information content (AvgIpc) is 3.31. The van der Waals surface area contributed by atoms with Gasteiger partial charge in [0.15, 0.2) is 11.5 Å². The lowest BCUT2D eigenvalue weighted by molar-refractivity contribution is -0.125. The maximum Gasteiger partial charge on any atom is 0.270 e. The fourth-order valence-electron chi connectivity index (χ4n) is 3.26. The number of nitrogens with zero attached hydrogens (tertiary/aromatic N) is 2. The minimum absolute atomic E-state index is 0.129. The molecule has 1 unspecified atom stereocenters. The quantitative estimate of drug-likeness (QED) is 0.732. The van der Waals surface area contributed by atoms with Crippen molar-refractivity contribution in [3.8, 4) is 17.2 Å². The van der Waals surface area contributed by atoms with E-state index in [0.29, 0.717) is 23.0 Å². The summed E-state index contributed by atoms with van der Waals surface area (Å²) in [5, 5.41) is 7.57. The van der Waals surface area contributed by atoms with E-state index in [4.69, 9.17) is 9.47 Å². The van der Waals surface area contributed by atoms with Crippen molar-refractivity contribution in [2.45, 2.75) is 17.6 Å². The maximum absolute atomic E-state index is 13.3. The number of amides is 1. The number of carbonyl (C=O) groups is 1. The third-order valence-corrected chi connectivity index (χ3v) is 5.64. The number of carbonyl (C=O) groups excluding carboxylic acids is 1. The molecule has 0 aliphatic carbocycles. The van der Waals surface area contributed by atoms with Crippen LogP contribution in [0.1, 0.15) is 11.3 Å². The van der Waals surface area contributed by atoms with E-state index >= 15 is 0 Å². The molecule has 2 aliphatic heterocycles. The third kappa shape index (κ3) is 2.99. The second-order valence-electron chi connectivity index (χ2n) is 6.51. The summed E-state index contributed by atoms with van der Waals surface area (Å²) in [7, 11) is 0. The van der Waals surface area contributed by atoms with E-state index in [1.165, 1.54) is 12.1 Å². The van der Waals surface area contributed by atoms with Crippen molar-refractivity contribution in [1.29, 1.82) is 0 Å². The van der Waals surface area contributed by atoms with Crippen LogP contribution in [-0.4, -0.2) is 28.4 Å². The van der Waals surface area contributed by atoms with E-state index in [1.54, 1.807) is 40.7 Å². The van der Waals surface area contributed by atoms with E-state index in [0.717, 1.165) is 22.8 Å². The van der Waals surface area contributed by atoms with E-state index in [9.17, 15) is 9.18 Å². The number of benzene rings is 2. The van der Waals surface area contributed by atoms with Gasteiger partial charge in [0.1, 0.15) is 18.2 Å². The maximum atomic E-state index is 13.3. The van der Waals surface area contributed by atoms with Crippen LogP contribution in [0.2, 0.25) is 0 Å². The highest BCUT2D eigenvalue weighted by Gasteiger charge is 2.31. The van der Waals surface area contributed by atoms with Crippen molar-refractivity contribution < 1.29 is 18.7 Å². The molecule has 8 heteroatoms. The van der Waals surface area contributed by atoms with Crippen molar-refractivity contribution in [3.63, 3.8) is 0 Å². The van der Waals surface area contributed by atoms with Crippen LogP contribution in [0.5, 0.6) is 11.5 Å². The summed E-state index contributed by atoms with van der Waals surface area (Å²) in [6.07, 6.45) is -0.767. The number of hydrogen-bond acceptors (Lipinski definition) is 5. The SMILES string of the molecule is O=C(Nc1c2c(nn1-c1ccc(F)cc1)CSC2)C1COc2ccccc2O1. The van der Waals surface area contributed by atoms with Crippen LogP contribution >= 0.6 is 11.8 Å². The summed E-state index contributed by atoms with van der Waals surface area (Å²) in [5.41, 5.74) is 2.60. The van der Waals surface area contributed by atoms with Gasteiger partial charge in [-0.3, -0.25) is 4.79 Å². The minimum Gasteiger partial charge on any atom is -0.485 e. The lowest BCUT2D eigenvalue weighted by Gasteiger charge is -2.25. The first-order valence-electron chi connectivity index (χ1n) is 8.83. The number of nitrogens with one attached hydrogen (secondary N) is 1. The molecule has 0 saturated heterocycles. The number of rotatable bonds is 3. The van der Waals surface area contributed by atoms with Gasteiger partial charge in [0.2, 0.25) is 6.10 Å². The largest absolute Gasteiger partial charge is 0.485 e. The first-order chi connectivity index (χ1) is 13.7. The summed E-state index contributed by atoms with van der Waals surface area (Å²) in [5.74, 6) is 2.68. The van der Waals surface area contributed by atoms with Gasteiger partial charge in [-0.25, -0.2) is 9.07 Å². The monoisotopic (exact) mass is 397 g/mol. The predicted octanol–water partition coefficient (Wildman–Crippen LogP) is 3.54. The van der Waals surface area contributed by atoms with Crippen LogP contribution in [0, 0.1) is 5.82 Å². The van der Waals surface area contributed by atoms with Crippen LogP contribution in [0.3, 0.4) is 0 Å². The number of fused-ring (bicyclic) bond motifs is 2. The van der Waals surface area contributed by atoms with Gasteiger partial charge in [0, 0.05) is 17.1 Å². The number of para-hydroxylation sites is 2. The van der Waals surface area contributed by atoms with Crippen LogP contribution in [-0.2, 0) is 16.3 Å². The molecule has 1 amide bonds. The van der Waals surface area contributed by atoms with E-state index in [1.807, 2.05) is 12.1 Å². The second-order valence-corrected chi connectivity index (χ2v) is 7.49. The molecule has 142 valence electrons. The molecule has 3 heterocycles. The number of thioether (sulfide) groups is 1. The standard InChI is InChI=1S/C20H16FN3O3S/c21-12-5-7-13(8-6-12)24-19(14-10-28-11-15(14)23-24)22-20(25)18-9-26-16-3-1-2-4-17(16)27-18/h1-8,18H,9-11H2,(H,22,25). The van der Waals surface area contributed by atoms with Gasteiger partial charge in [0.05, 0.1) is 11.4 Å². The molecule has 2 aromatic carbocycles. The van der Waals surface area contributed by atoms with Crippen molar-refractivity contribution >= 4 is 23.5 Å². The molecule has 0 radical (unpaired) electrons. The Hall–Kier alpha value is -3.00. The summed E-state index contributed by atoms with van der Waals surface area (Å²) < 4.78 is 26.4. The molecule has 5 rings (SSSR count). The molecule has 0 bridgehead atoms. The van der Waals surface area contributed by atoms with Crippen LogP contribution in [0.25, 0.3) is 5.69 Å². The third-order valence-electron chi connectivity index (χ3n) is 4.67. The predicted molar refractivity (Wildman–Crippen MR) is 104 cm³/mol. The Morgan fingerprint density at radius 3 is 2.75 bits per heavy atom. The molecule has 1 atom stereocenters. The summed E-state index contributed by atoms with van der Waals surface area (Å²) in [4.78, 5) is 12.9. The molecule has 1 N–H and O–H groups in total. The first kappa shape index (κ1) is 17.1. The Morgan fingerprint density at radius 1 is 1.14 bits per heavy atom. The second kappa shape index (κ2) is 6.87. The molecule has 6 nitrogen and oxygen atoms in total. The number of ether oxygens (including phenoxy) is 2. The van der Waals surface area contributed by atoms with Crippen molar-refractivity contribution in [2.75, 3.05) is 11.9 Å². The Balaban J connectivity index is 1.43. The zero-order valence-corrected chi connectivity index (χ0v) is 15.5. The zero-order chi connectivity index (χ0) is 19.1. The Labute approximate surface area is 164 Å². The number of hydrogen-bond donors (Lipinski definition) is 1. The van der Waals surface area contributed by atoms with Crippen molar-refractivity contribution in [3.05, 3.63) is 65.6 Å². The zero-order valence-electron chi connectivity index (χ0n) is 14.7. The summed E-state index contributed by atoms with van der Waals surface area (Å²) in [6.45, 7) is 0.129. The highest BCUT2D eigenvalue weighted by atomic mass is 32.2. The fourth-order valence-corrected chi connectivity index (χ4v) is 4.29. The van der Waals surface area contributed by atoms with Gasteiger partial charge in [-0.15, -0.1) is 0 Å². The van der Waals surface area contributed by atoms with Gasteiger partial charge in [-0.1, -0.05) is 12.1 Å². The van der Waals surface area contributed by atoms with Gasteiger partial charge in [0.25, 0.3) is 5.91 Å². The van der Waals surface area contributed by atoms with Crippen LogP contribution < -0.4 is 14.8 Å². The van der Waals surface area contributed by atoms with E-state index < -0.39 is 6.10 Å². The lowest BCUT2D eigenvalue weighted by Crippen LogP contribution is -2.40. The first-order valence-corrected chi connectivity index (χ1v) is 9.98. The number of halogens is 1. The number of aromatic nitrogens is 2. The fraction of sp³-hybridized carbons (Fsp3) is 0.200. The average molecular weight is 397 g/mol. The molecular formula is C20H16FN3O3S. The van der Waals surface area contributed by atoms with Crippen LogP contribution in [0.4, 0.5) is 10.2 Å². The summed E-state index contributed by atoms with van der Waals surface area (Å²) >= 11 is 1.74. The molecular weight excluding hydrogens is 381 g/mol. The highest BCUT2D eigenvalue weighted by molar-refractivity contribution is 7.98. The van der Waals surface area contributed by atoms with Crippen LogP contribution in [0.15, 0.2) is 48.5 Å². The Bertz CT molecular complexity index is 1050. The van der Waals surface area contributed by atoms with Gasteiger partial charge < -0.3 is 14.8 Å². The van der Waals surface area contributed by atoms with Crippen molar-refractivity contribution in [2.24, 2.45) is 0 Å². The van der Waals surface area contributed by atoms with Gasteiger partial charge >= 0.3 is 0 Å². The normalized spacial score (nSPS) is 17.2.